The number of allylic oxidation sites excluding steroid dienone is 2. The Bertz CT molecular complexity index is 718. The Morgan fingerprint density at radius 2 is 2.11 bits per heavy atom. The highest BCUT2D eigenvalue weighted by Crippen LogP contribution is 2.37. The van der Waals surface area contributed by atoms with E-state index in [2.05, 4.69) is 16.1 Å². The molecule has 0 saturated heterocycles. The molecular formula is C20H28FN3O3. The van der Waals surface area contributed by atoms with Crippen molar-refractivity contribution >= 4 is 17.5 Å². The zero-order chi connectivity index (χ0) is 19.8. The molecule has 2 amide bonds. The summed E-state index contributed by atoms with van der Waals surface area (Å²) in [5.41, 5.74) is 5.46. The lowest BCUT2D eigenvalue weighted by atomic mass is 9.79. The Morgan fingerprint density at radius 1 is 1.33 bits per heavy atom. The minimum atomic E-state index is -0.372. The topological polar surface area (TPSA) is 79.5 Å². The molecule has 27 heavy (non-hydrogen) atoms. The Labute approximate surface area is 159 Å². The third-order valence-corrected chi connectivity index (χ3v) is 4.64. The van der Waals surface area contributed by atoms with Crippen LogP contribution in [0.1, 0.15) is 57.4 Å². The van der Waals surface area contributed by atoms with E-state index in [1.165, 1.54) is 19.2 Å². The van der Waals surface area contributed by atoms with Crippen LogP contribution < -0.4 is 16.1 Å². The summed E-state index contributed by atoms with van der Waals surface area (Å²) in [4.78, 5) is 29.5. The fourth-order valence-corrected chi connectivity index (χ4v) is 3.29. The van der Waals surface area contributed by atoms with Gasteiger partial charge in [-0.3, -0.25) is 15.1 Å². The molecule has 1 atom stereocenters. The Balaban J connectivity index is 2.18. The van der Waals surface area contributed by atoms with E-state index in [1.807, 2.05) is 13.8 Å². The molecule has 0 spiro atoms. The SMILES string of the molecule is CCCC(NOCC)=C1CCC(c2cc(NC(=O)NC)ccc2F)CC1=O. The quantitative estimate of drug-likeness (QED) is 0.495. The summed E-state index contributed by atoms with van der Waals surface area (Å²) in [5, 5.41) is 5.10. The molecule has 3 N–H and O–H groups in total. The normalized spacial score (nSPS) is 18.8. The number of hydrogen-bond acceptors (Lipinski definition) is 4. The smallest absolute Gasteiger partial charge is 0.318 e. The van der Waals surface area contributed by atoms with Gasteiger partial charge in [0.05, 0.1) is 6.61 Å². The second kappa shape index (κ2) is 10.1. The number of hydrogen-bond donors (Lipinski definition) is 3. The Morgan fingerprint density at radius 3 is 2.74 bits per heavy atom. The molecule has 0 bridgehead atoms. The zero-order valence-electron chi connectivity index (χ0n) is 16.2. The van der Waals surface area contributed by atoms with Gasteiger partial charge in [-0.1, -0.05) is 13.3 Å². The first-order chi connectivity index (χ1) is 13.0. The monoisotopic (exact) mass is 377 g/mol. The molecule has 1 unspecified atom stereocenters. The van der Waals surface area contributed by atoms with Crippen LogP contribution in [-0.2, 0) is 9.63 Å². The Kier molecular flexibility index (Phi) is 7.79. The standard InChI is InChI=1S/C20H28FN3O3/c1-4-6-18(24-27-5-2)15-9-7-13(11-19(15)25)16-12-14(8-10-17(16)21)23-20(26)22-3/h8,10,12-13,24H,4-7,9,11H2,1-3H3,(H2,22,23,26). The summed E-state index contributed by atoms with van der Waals surface area (Å²) < 4.78 is 14.4. The number of amides is 2. The van der Waals surface area contributed by atoms with E-state index < -0.39 is 0 Å². The van der Waals surface area contributed by atoms with Gasteiger partial charge in [0.15, 0.2) is 5.78 Å². The number of hydroxylamine groups is 1. The van der Waals surface area contributed by atoms with Crippen molar-refractivity contribution in [1.29, 1.82) is 0 Å². The fourth-order valence-electron chi connectivity index (χ4n) is 3.29. The highest BCUT2D eigenvalue weighted by Gasteiger charge is 2.29. The van der Waals surface area contributed by atoms with Crippen LogP contribution in [0.25, 0.3) is 0 Å². The first kappa shape index (κ1) is 20.9. The summed E-state index contributed by atoms with van der Waals surface area (Å²) in [6.07, 6.45) is 3.13. The van der Waals surface area contributed by atoms with Crippen molar-refractivity contribution < 1.29 is 18.8 Å². The Hall–Kier alpha value is -2.41. The second-order valence-corrected chi connectivity index (χ2v) is 6.55. The minimum absolute atomic E-state index is 0.0194. The molecule has 2 rings (SSSR count). The molecule has 1 fully saturated rings. The average Bonchev–Trinajstić information content (AvgIpc) is 2.66. The maximum atomic E-state index is 14.4. The molecule has 0 aromatic heterocycles. The molecule has 1 aromatic rings. The number of carbonyl (C=O) groups excluding carboxylic acids is 2. The van der Waals surface area contributed by atoms with Crippen LogP contribution in [0.2, 0.25) is 0 Å². The van der Waals surface area contributed by atoms with E-state index in [4.69, 9.17) is 4.84 Å². The number of ketones is 1. The third-order valence-electron chi connectivity index (χ3n) is 4.64. The predicted molar refractivity (Wildman–Crippen MR) is 103 cm³/mol. The summed E-state index contributed by atoms with van der Waals surface area (Å²) in [7, 11) is 1.51. The van der Waals surface area contributed by atoms with E-state index in [1.54, 1.807) is 6.07 Å². The van der Waals surface area contributed by atoms with Crippen molar-refractivity contribution in [3.05, 3.63) is 40.8 Å². The highest BCUT2D eigenvalue weighted by atomic mass is 19.1. The van der Waals surface area contributed by atoms with Crippen LogP contribution in [0.3, 0.4) is 0 Å². The molecule has 6 nitrogen and oxygen atoms in total. The lowest BCUT2D eigenvalue weighted by Gasteiger charge is -2.26. The van der Waals surface area contributed by atoms with Crippen LogP contribution in [-0.4, -0.2) is 25.5 Å². The van der Waals surface area contributed by atoms with Crippen LogP contribution in [0.15, 0.2) is 29.5 Å². The van der Waals surface area contributed by atoms with Gasteiger partial charge in [-0.05, 0) is 55.9 Å². The van der Waals surface area contributed by atoms with Gasteiger partial charge >= 0.3 is 6.03 Å². The number of Topliss-reactive ketones (excluding diaryl/α,β-unsaturated/α-hetero) is 1. The molecule has 0 heterocycles. The van der Waals surface area contributed by atoms with Gasteiger partial charge in [0.25, 0.3) is 0 Å². The van der Waals surface area contributed by atoms with Gasteiger partial charge in [0, 0.05) is 30.4 Å². The van der Waals surface area contributed by atoms with E-state index in [0.717, 1.165) is 24.1 Å². The summed E-state index contributed by atoms with van der Waals surface area (Å²) in [5.74, 6) is -0.544. The van der Waals surface area contributed by atoms with Crippen molar-refractivity contribution in [1.82, 2.24) is 10.8 Å². The second-order valence-electron chi connectivity index (χ2n) is 6.55. The third kappa shape index (κ3) is 5.53. The van der Waals surface area contributed by atoms with Gasteiger partial charge in [0.2, 0.25) is 0 Å². The molecule has 1 aromatic carbocycles. The zero-order valence-corrected chi connectivity index (χ0v) is 16.2. The summed E-state index contributed by atoms with van der Waals surface area (Å²) in [6.45, 7) is 4.43. The van der Waals surface area contributed by atoms with Crippen LogP contribution >= 0.6 is 0 Å². The predicted octanol–water partition coefficient (Wildman–Crippen LogP) is 4.01. The molecule has 148 valence electrons. The number of rotatable bonds is 7. The molecule has 1 aliphatic carbocycles. The molecule has 7 heteroatoms. The largest absolute Gasteiger partial charge is 0.341 e. The van der Waals surface area contributed by atoms with Crippen LogP contribution in [0.5, 0.6) is 0 Å². The molecular weight excluding hydrogens is 349 g/mol. The van der Waals surface area contributed by atoms with Crippen molar-refractivity contribution in [2.24, 2.45) is 0 Å². The van der Waals surface area contributed by atoms with E-state index in [-0.39, 0.29) is 30.0 Å². The van der Waals surface area contributed by atoms with E-state index in [0.29, 0.717) is 30.7 Å². The maximum absolute atomic E-state index is 14.4. The lowest BCUT2D eigenvalue weighted by molar-refractivity contribution is -0.117. The minimum Gasteiger partial charge on any atom is -0.341 e. The first-order valence-corrected chi connectivity index (χ1v) is 9.41. The summed E-state index contributed by atoms with van der Waals surface area (Å²) in [6, 6.07) is 4.08. The number of nitrogens with one attached hydrogen (secondary N) is 3. The fraction of sp³-hybridized carbons (Fsp3) is 0.500. The van der Waals surface area contributed by atoms with E-state index in [9.17, 15) is 14.0 Å². The summed E-state index contributed by atoms with van der Waals surface area (Å²) >= 11 is 0. The van der Waals surface area contributed by atoms with Crippen molar-refractivity contribution in [3.8, 4) is 0 Å². The van der Waals surface area contributed by atoms with E-state index >= 15 is 0 Å². The number of urea groups is 1. The number of benzene rings is 1. The van der Waals surface area contributed by atoms with Gasteiger partial charge in [-0.15, -0.1) is 0 Å². The van der Waals surface area contributed by atoms with Crippen LogP contribution in [0.4, 0.5) is 14.9 Å². The van der Waals surface area contributed by atoms with Gasteiger partial charge in [-0.2, -0.15) is 0 Å². The number of anilines is 1. The average molecular weight is 377 g/mol. The molecule has 1 aliphatic rings. The molecule has 0 aliphatic heterocycles. The van der Waals surface area contributed by atoms with Crippen LogP contribution in [0, 0.1) is 5.82 Å². The lowest BCUT2D eigenvalue weighted by Crippen LogP contribution is -2.25. The molecule has 0 radical (unpaired) electrons. The van der Waals surface area contributed by atoms with Crippen molar-refractivity contribution in [2.45, 2.75) is 51.9 Å². The highest BCUT2D eigenvalue weighted by molar-refractivity contribution is 5.97. The van der Waals surface area contributed by atoms with Gasteiger partial charge in [0.1, 0.15) is 5.82 Å². The maximum Gasteiger partial charge on any atom is 0.318 e. The number of carbonyl (C=O) groups is 2. The van der Waals surface area contributed by atoms with Gasteiger partial charge in [-0.25, -0.2) is 9.18 Å². The first-order valence-electron chi connectivity index (χ1n) is 9.41. The van der Waals surface area contributed by atoms with Crippen molar-refractivity contribution in [3.63, 3.8) is 0 Å². The molecule has 1 saturated carbocycles. The van der Waals surface area contributed by atoms with Crippen molar-refractivity contribution in [2.75, 3.05) is 19.0 Å². The number of halogens is 1. The van der Waals surface area contributed by atoms with Gasteiger partial charge < -0.3 is 10.6 Å².